The summed E-state index contributed by atoms with van der Waals surface area (Å²) >= 11 is 0. The van der Waals surface area contributed by atoms with Crippen molar-refractivity contribution in [2.24, 2.45) is 5.41 Å². The zero-order valence-corrected chi connectivity index (χ0v) is 15.5. The fraction of sp³-hybridized carbons (Fsp3) is 0.611. The smallest absolute Gasteiger partial charge is 0.409 e. The molecule has 0 aromatic carbocycles. The number of nitrogens with zero attached hydrogens (tertiary/aromatic N) is 2. The molecule has 1 aromatic heterocycles. The number of hydrogen-bond acceptors (Lipinski definition) is 5. The van der Waals surface area contributed by atoms with Crippen molar-refractivity contribution in [2.75, 3.05) is 30.3 Å². The van der Waals surface area contributed by atoms with Gasteiger partial charge in [0, 0.05) is 24.5 Å². The Labute approximate surface area is 149 Å². The number of hydrogen-bond donors (Lipinski definition) is 2. The maximum atomic E-state index is 12.0. The Morgan fingerprint density at radius 2 is 1.96 bits per heavy atom. The van der Waals surface area contributed by atoms with E-state index in [1.54, 1.807) is 11.1 Å². The molecule has 1 saturated heterocycles. The molecule has 138 valence electrons. The molecule has 1 aliphatic heterocycles. The van der Waals surface area contributed by atoms with Crippen LogP contribution in [-0.4, -0.2) is 47.6 Å². The molecule has 2 amide bonds. The molecule has 0 saturated carbocycles. The molecule has 1 aromatic rings. The van der Waals surface area contributed by atoms with Gasteiger partial charge in [-0.2, -0.15) is 0 Å². The second-order valence-electron chi connectivity index (χ2n) is 7.24. The minimum atomic E-state index is -0.441. The largest absolute Gasteiger partial charge is 0.450 e. The van der Waals surface area contributed by atoms with Gasteiger partial charge >= 0.3 is 6.09 Å². The molecule has 0 atom stereocenters. The summed E-state index contributed by atoms with van der Waals surface area (Å²) < 4.78 is 5.02. The van der Waals surface area contributed by atoms with E-state index >= 15 is 0 Å². The van der Waals surface area contributed by atoms with E-state index < -0.39 is 5.41 Å². The lowest BCUT2D eigenvalue weighted by atomic mass is 9.96. The van der Waals surface area contributed by atoms with Gasteiger partial charge < -0.3 is 20.3 Å². The first-order chi connectivity index (χ1) is 11.8. The number of ether oxygens (including phenoxy) is 1. The van der Waals surface area contributed by atoms with Gasteiger partial charge in [-0.15, -0.1) is 0 Å². The summed E-state index contributed by atoms with van der Waals surface area (Å²) in [6.45, 7) is 9.17. The molecule has 1 aliphatic rings. The fourth-order valence-electron chi connectivity index (χ4n) is 2.50. The average molecular weight is 348 g/mol. The molecule has 0 unspecified atom stereocenters. The lowest BCUT2D eigenvalue weighted by Gasteiger charge is -2.31. The number of amides is 2. The van der Waals surface area contributed by atoms with E-state index in [2.05, 4.69) is 15.6 Å². The number of anilines is 2. The first-order valence-corrected chi connectivity index (χ1v) is 8.75. The van der Waals surface area contributed by atoms with Crippen LogP contribution in [0.3, 0.4) is 0 Å². The van der Waals surface area contributed by atoms with Crippen LogP contribution in [0.4, 0.5) is 16.3 Å². The minimum Gasteiger partial charge on any atom is -0.450 e. The SMILES string of the molecule is CCOC(=O)N1CCC(Nc2ccc(NC(=O)C(C)(C)C)cn2)CC1. The molecule has 7 nitrogen and oxygen atoms in total. The summed E-state index contributed by atoms with van der Waals surface area (Å²) in [7, 11) is 0. The molecule has 2 heterocycles. The molecule has 0 aliphatic carbocycles. The number of pyridine rings is 1. The third kappa shape index (κ3) is 5.62. The lowest BCUT2D eigenvalue weighted by Crippen LogP contribution is -2.42. The summed E-state index contributed by atoms with van der Waals surface area (Å²) in [4.78, 5) is 29.8. The Morgan fingerprint density at radius 1 is 1.28 bits per heavy atom. The zero-order valence-electron chi connectivity index (χ0n) is 15.5. The van der Waals surface area contributed by atoms with Crippen LogP contribution in [0.1, 0.15) is 40.5 Å². The summed E-state index contributed by atoms with van der Waals surface area (Å²) in [5, 5.41) is 6.24. The Morgan fingerprint density at radius 3 is 2.48 bits per heavy atom. The maximum Gasteiger partial charge on any atom is 0.409 e. The number of carbonyl (C=O) groups is 2. The first kappa shape index (κ1) is 19.0. The van der Waals surface area contributed by atoms with Crippen molar-refractivity contribution in [3.63, 3.8) is 0 Å². The summed E-state index contributed by atoms with van der Waals surface area (Å²) in [6.07, 6.45) is 3.11. The number of rotatable bonds is 4. The molecule has 0 spiro atoms. The van der Waals surface area contributed by atoms with Crippen molar-refractivity contribution in [1.82, 2.24) is 9.88 Å². The maximum absolute atomic E-state index is 12.0. The van der Waals surface area contributed by atoms with Gasteiger partial charge in [0.1, 0.15) is 5.82 Å². The van der Waals surface area contributed by atoms with Crippen molar-refractivity contribution in [2.45, 2.75) is 46.6 Å². The lowest BCUT2D eigenvalue weighted by molar-refractivity contribution is -0.123. The van der Waals surface area contributed by atoms with E-state index in [0.717, 1.165) is 18.7 Å². The Hall–Kier alpha value is -2.31. The van der Waals surface area contributed by atoms with Crippen LogP contribution in [0.2, 0.25) is 0 Å². The van der Waals surface area contributed by atoms with Gasteiger partial charge in [-0.05, 0) is 31.9 Å². The second kappa shape index (κ2) is 8.18. The highest BCUT2D eigenvalue weighted by Gasteiger charge is 2.24. The highest BCUT2D eigenvalue weighted by atomic mass is 16.6. The number of likely N-dealkylation sites (tertiary alicyclic amines) is 1. The Bertz CT molecular complexity index is 587. The van der Waals surface area contributed by atoms with E-state index in [1.165, 1.54) is 0 Å². The van der Waals surface area contributed by atoms with Crippen molar-refractivity contribution >= 4 is 23.5 Å². The van der Waals surface area contributed by atoms with Crippen LogP contribution in [0.25, 0.3) is 0 Å². The number of carbonyl (C=O) groups excluding carboxylic acids is 2. The minimum absolute atomic E-state index is 0.0404. The van der Waals surface area contributed by atoms with E-state index in [-0.39, 0.29) is 18.0 Å². The molecule has 25 heavy (non-hydrogen) atoms. The van der Waals surface area contributed by atoms with Gasteiger partial charge in [0.05, 0.1) is 18.5 Å². The van der Waals surface area contributed by atoms with Crippen LogP contribution in [0.15, 0.2) is 18.3 Å². The molecule has 2 rings (SSSR count). The van der Waals surface area contributed by atoms with E-state index in [9.17, 15) is 9.59 Å². The van der Waals surface area contributed by atoms with Crippen LogP contribution >= 0.6 is 0 Å². The van der Waals surface area contributed by atoms with Gasteiger partial charge in [-0.3, -0.25) is 4.79 Å². The van der Waals surface area contributed by atoms with Crippen molar-refractivity contribution in [3.8, 4) is 0 Å². The summed E-state index contributed by atoms with van der Waals surface area (Å²) in [6, 6.07) is 3.97. The zero-order chi connectivity index (χ0) is 18.4. The van der Waals surface area contributed by atoms with Gasteiger partial charge in [0.15, 0.2) is 0 Å². The number of aromatic nitrogens is 1. The predicted molar refractivity (Wildman–Crippen MR) is 97.6 cm³/mol. The predicted octanol–water partition coefficient (Wildman–Crippen LogP) is 3.10. The first-order valence-electron chi connectivity index (χ1n) is 8.75. The van der Waals surface area contributed by atoms with Crippen LogP contribution in [0.5, 0.6) is 0 Å². The van der Waals surface area contributed by atoms with Crippen LogP contribution in [0, 0.1) is 5.41 Å². The molecule has 0 bridgehead atoms. The summed E-state index contributed by atoms with van der Waals surface area (Å²) in [5.41, 5.74) is 0.242. The van der Waals surface area contributed by atoms with Gasteiger partial charge in [-0.1, -0.05) is 20.8 Å². The molecule has 7 heteroatoms. The monoisotopic (exact) mass is 348 g/mol. The molecular formula is C18H28N4O3. The Kier molecular flexibility index (Phi) is 6.22. The normalized spacial score (nSPS) is 15.6. The topological polar surface area (TPSA) is 83.6 Å². The third-order valence-electron chi connectivity index (χ3n) is 4.08. The Balaban J connectivity index is 1.82. The summed E-state index contributed by atoms with van der Waals surface area (Å²) in [5.74, 6) is 0.727. The highest BCUT2D eigenvalue weighted by Crippen LogP contribution is 2.19. The van der Waals surface area contributed by atoms with Crippen molar-refractivity contribution < 1.29 is 14.3 Å². The average Bonchev–Trinajstić information content (AvgIpc) is 2.56. The number of nitrogens with one attached hydrogen (secondary N) is 2. The standard InChI is InChI=1S/C18H28N4O3/c1-5-25-17(24)22-10-8-13(9-11-22)20-15-7-6-14(12-19-15)21-16(23)18(2,3)4/h6-7,12-13H,5,8-11H2,1-4H3,(H,19,20)(H,21,23). The van der Waals surface area contributed by atoms with Gasteiger partial charge in [0.25, 0.3) is 0 Å². The molecule has 0 radical (unpaired) electrons. The number of piperidine rings is 1. The van der Waals surface area contributed by atoms with Crippen LogP contribution in [-0.2, 0) is 9.53 Å². The van der Waals surface area contributed by atoms with Crippen molar-refractivity contribution in [3.05, 3.63) is 18.3 Å². The van der Waals surface area contributed by atoms with Crippen molar-refractivity contribution in [1.29, 1.82) is 0 Å². The molecule has 1 fully saturated rings. The quantitative estimate of drug-likeness (QED) is 0.873. The van der Waals surface area contributed by atoms with Gasteiger partial charge in [-0.25, -0.2) is 9.78 Å². The fourth-order valence-corrected chi connectivity index (χ4v) is 2.50. The molecular weight excluding hydrogens is 320 g/mol. The van der Waals surface area contributed by atoms with E-state index in [4.69, 9.17) is 4.74 Å². The van der Waals surface area contributed by atoms with E-state index in [1.807, 2.05) is 39.8 Å². The van der Waals surface area contributed by atoms with Gasteiger partial charge in [0.2, 0.25) is 5.91 Å². The second-order valence-corrected chi connectivity index (χ2v) is 7.24. The third-order valence-corrected chi connectivity index (χ3v) is 4.08. The molecule has 2 N–H and O–H groups in total. The van der Waals surface area contributed by atoms with Crippen LogP contribution < -0.4 is 10.6 Å². The highest BCUT2D eigenvalue weighted by molar-refractivity contribution is 5.94. The van der Waals surface area contributed by atoms with E-state index in [0.29, 0.717) is 25.4 Å².